The van der Waals surface area contributed by atoms with E-state index in [0.29, 0.717) is 16.9 Å². The Bertz CT molecular complexity index is 930. The van der Waals surface area contributed by atoms with Gasteiger partial charge in [0.15, 0.2) is 6.29 Å². The molecular formula is C36H65BrN2O8. The molecule has 3 aliphatic heterocycles. The summed E-state index contributed by atoms with van der Waals surface area (Å²) in [5.41, 5.74) is -0.0600. The first-order chi connectivity index (χ1) is 22.1. The Morgan fingerprint density at radius 1 is 0.787 bits per heavy atom. The maximum atomic E-state index is 12.0. The molecule has 0 aromatic heterocycles. The van der Waals surface area contributed by atoms with Crippen LogP contribution >= 0.6 is 15.9 Å². The zero-order valence-electron chi connectivity index (χ0n) is 30.5. The van der Waals surface area contributed by atoms with E-state index in [1.165, 1.54) is 25.7 Å². The molecule has 0 aromatic rings. The van der Waals surface area contributed by atoms with Gasteiger partial charge in [-0.2, -0.15) is 0 Å². The smallest absolute Gasteiger partial charge is 0.410 e. The van der Waals surface area contributed by atoms with E-state index in [4.69, 9.17) is 23.7 Å². The number of aliphatic hydroxyl groups excluding tert-OH is 1. The van der Waals surface area contributed by atoms with Crippen LogP contribution in [0.2, 0.25) is 0 Å². The van der Waals surface area contributed by atoms with Crippen LogP contribution in [0.4, 0.5) is 9.59 Å². The lowest BCUT2D eigenvalue weighted by molar-refractivity contribution is -0.158. The highest BCUT2D eigenvalue weighted by molar-refractivity contribution is 9.09. The molecule has 1 N–H and O–H groups in total. The molecule has 5 aliphatic rings. The Labute approximate surface area is 293 Å². The zero-order chi connectivity index (χ0) is 34.7. The van der Waals surface area contributed by atoms with Crippen molar-refractivity contribution in [2.75, 3.05) is 51.3 Å². The van der Waals surface area contributed by atoms with E-state index in [-0.39, 0.29) is 24.6 Å². The van der Waals surface area contributed by atoms with Gasteiger partial charge in [0.25, 0.3) is 0 Å². The molecular weight excluding hydrogens is 668 g/mol. The molecule has 3 saturated heterocycles. The molecule has 5 rings (SSSR count). The van der Waals surface area contributed by atoms with Gasteiger partial charge in [-0.3, -0.25) is 0 Å². The van der Waals surface area contributed by atoms with Crippen LogP contribution in [0.1, 0.15) is 126 Å². The minimum Gasteiger partial charge on any atom is -0.444 e. The van der Waals surface area contributed by atoms with Crippen LogP contribution in [-0.2, 0) is 23.7 Å². The van der Waals surface area contributed by atoms with Crippen molar-refractivity contribution < 1.29 is 38.4 Å². The molecule has 11 heteroatoms. The molecule has 2 spiro atoms. The summed E-state index contributed by atoms with van der Waals surface area (Å²) in [5.74, 6) is 0. The van der Waals surface area contributed by atoms with Gasteiger partial charge >= 0.3 is 12.2 Å². The highest BCUT2D eigenvalue weighted by atomic mass is 79.9. The molecule has 2 amide bonds. The first-order valence-corrected chi connectivity index (χ1v) is 19.2. The number of likely N-dealkylation sites (tertiary alicyclic amines) is 2. The third-order valence-electron chi connectivity index (χ3n) is 9.69. The number of hydrogen-bond acceptors (Lipinski definition) is 8. The van der Waals surface area contributed by atoms with Gasteiger partial charge in [0.2, 0.25) is 0 Å². The number of rotatable bonds is 6. The summed E-state index contributed by atoms with van der Waals surface area (Å²) in [6.45, 7) is 19.2. The van der Waals surface area contributed by atoms with Crippen molar-refractivity contribution in [1.82, 2.24) is 9.80 Å². The van der Waals surface area contributed by atoms with Crippen LogP contribution in [0.3, 0.4) is 0 Å². The van der Waals surface area contributed by atoms with Crippen molar-refractivity contribution in [3.8, 4) is 0 Å². The van der Waals surface area contributed by atoms with Crippen molar-refractivity contribution in [3.63, 3.8) is 0 Å². The van der Waals surface area contributed by atoms with Gasteiger partial charge in [-0.05, 0) is 129 Å². The molecule has 0 bridgehead atoms. The van der Waals surface area contributed by atoms with Crippen LogP contribution in [0, 0.1) is 10.8 Å². The third-order valence-corrected chi connectivity index (χ3v) is 10.0. The molecule has 1 atom stereocenters. The maximum absolute atomic E-state index is 12.0. The molecule has 47 heavy (non-hydrogen) atoms. The van der Waals surface area contributed by atoms with Gasteiger partial charge in [0.1, 0.15) is 11.2 Å². The lowest BCUT2D eigenvalue weighted by Gasteiger charge is -2.51. The van der Waals surface area contributed by atoms with Crippen LogP contribution in [0.15, 0.2) is 0 Å². The third kappa shape index (κ3) is 13.9. The Morgan fingerprint density at radius 2 is 1.28 bits per heavy atom. The number of halogens is 1. The van der Waals surface area contributed by atoms with Gasteiger partial charge < -0.3 is 38.6 Å². The molecule has 2 saturated carbocycles. The molecule has 2 aliphatic carbocycles. The lowest BCUT2D eigenvalue weighted by Crippen LogP contribution is -2.51. The number of ether oxygens (including phenoxy) is 5. The lowest BCUT2D eigenvalue weighted by atomic mass is 9.61. The van der Waals surface area contributed by atoms with E-state index in [1.54, 1.807) is 4.90 Å². The van der Waals surface area contributed by atoms with Crippen molar-refractivity contribution in [2.45, 2.75) is 155 Å². The first-order valence-electron chi connectivity index (χ1n) is 18.1. The van der Waals surface area contributed by atoms with E-state index in [0.717, 1.165) is 103 Å². The Hall–Kier alpha value is -1.14. The fourth-order valence-corrected chi connectivity index (χ4v) is 7.25. The standard InChI is InChI=1S/C16H29NO3.C13H23NO3.C7H13BrO2/c1-5-10-19-13-11-16(12-13)6-8-17(9-7-16)14(18)20-15(2,3)4;1-12(2,3)17-11(16)14-6-4-13(5-7-14)8-10(15)9-13;8-4-6-10-7-3-1-2-5-9-7/h13H,5-12H2,1-4H3;10,15H,4-9H2,1-3H3;7H,1-6H2. The van der Waals surface area contributed by atoms with Gasteiger partial charge in [-0.1, -0.05) is 22.9 Å². The van der Waals surface area contributed by atoms with Crippen molar-refractivity contribution in [2.24, 2.45) is 10.8 Å². The summed E-state index contributed by atoms with van der Waals surface area (Å²) in [6, 6.07) is 0. The number of aliphatic hydroxyl groups is 1. The Morgan fingerprint density at radius 3 is 1.66 bits per heavy atom. The van der Waals surface area contributed by atoms with Gasteiger partial charge in [0.05, 0.1) is 18.8 Å². The van der Waals surface area contributed by atoms with E-state index in [1.807, 2.05) is 46.4 Å². The fraction of sp³-hybridized carbons (Fsp3) is 0.944. The number of amides is 2. The molecule has 5 fully saturated rings. The Kier molecular flexibility index (Phi) is 15.6. The summed E-state index contributed by atoms with van der Waals surface area (Å²) < 4.78 is 27.3. The minimum atomic E-state index is -0.418. The van der Waals surface area contributed by atoms with Crippen LogP contribution < -0.4 is 0 Å². The number of hydrogen-bond donors (Lipinski definition) is 1. The van der Waals surface area contributed by atoms with Crippen molar-refractivity contribution in [3.05, 3.63) is 0 Å². The zero-order valence-corrected chi connectivity index (χ0v) is 32.0. The molecule has 274 valence electrons. The summed E-state index contributed by atoms with van der Waals surface area (Å²) in [7, 11) is 0. The monoisotopic (exact) mass is 732 g/mol. The summed E-state index contributed by atoms with van der Waals surface area (Å²) in [6.07, 6.45) is 13.0. The van der Waals surface area contributed by atoms with E-state index >= 15 is 0 Å². The number of nitrogens with zero attached hydrogens (tertiary/aromatic N) is 2. The second-order valence-corrected chi connectivity index (χ2v) is 17.0. The predicted molar refractivity (Wildman–Crippen MR) is 187 cm³/mol. The number of alkyl halides is 1. The fourth-order valence-electron chi connectivity index (χ4n) is 7.06. The normalized spacial score (nSPS) is 25.4. The average molecular weight is 734 g/mol. The van der Waals surface area contributed by atoms with E-state index < -0.39 is 11.2 Å². The largest absolute Gasteiger partial charge is 0.444 e. The van der Waals surface area contributed by atoms with E-state index in [2.05, 4.69) is 22.9 Å². The summed E-state index contributed by atoms with van der Waals surface area (Å²) in [4.78, 5) is 27.5. The van der Waals surface area contributed by atoms with Crippen LogP contribution in [-0.4, -0.2) is 108 Å². The van der Waals surface area contributed by atoms with Crippen molar-refractivity contribution >= 4 is 28.1 Å². The van der Waals surface area contributed by atoms with Crippen molar-refractivity contribution in [1.29, 1.82) is 0 Å². The first kappa shape index (κ1) is 40.3. The highest BCUT2D eigenvalue weighted by Gasteiger charge is 2.47. The van der Waals surface area contributed by atoms with Gasteiger partial charge in [0, 0.05) is 44.7 Å². The number of carbonyl (C=O) groups excluding carboxylic acids is 2. The van der Waals surface area contributed by atoms with Gasteiger partial charge in [-0.25, -0.2) is 9.59 Å². The maximum Gasteiger partial charge on any atom is 0.410 e. The number of carbonyl (C=O) groups is 2. The second kappa shape index (κ2) is 18.2. The summed E-state index contributed by atoms with van der Waals surface area (Å²) >= 11 is 3.30. The highest BCUT2D eigenvalue weighted by Crippen LogP contribution is 2.51. The van der Waals surface area contributed by atoms with E-state index in [9.17, 15) is 14.7 Å². The minimum absolute atomic E-state index is 0.0753. The molecule has 0 aromatic carbocycles. The topological polar surface area (TPSA) is 107 Å². The number of piperidine rings is 2. The molecule has 0 radical (unpaired) electrons. The molecule has 10 nitrogen and oxygen atoms in total. The second-order valence-electron chi connectivity index (χ2n) is 16.3. The molecule has 3 heterocycles. The predicted octanol–water partition coefficient (Wildman–Crippen LogP) is 7.68. The molecule has 1 unspecified atom stereocenters. The quantitative estimate of drug-likeness (QED) is 0.277. The Balaban J connectivity index is 0.000000202. The average Bonchev–Trinajstić information content (AvgIpc) is 2.97. The van der Waals surface area contributed by atoms with Gasteiger partial charge in [-0.15, -0.1) is 0 Å². The SMILES string of the molecule is BrCCOC1CCCCO1.CC(C)(C)OC(=O)N1CCC2(CC1)CC(O)C2.CCCOC1CC2(CCN(C(=O)OC(C)(C)C)CC2)C1. The summed E-state index contributed by atoms with van der Waals surface area (Å²) in [5, 5.41) is 10.3. The van der Waals surface area contributed by atoms with Crippen LogP contribution in [0.25, 0.3) is 0 Å². The van der Waals surface area contributed by atoms with Crippen LogP contribution in [0.5, 0.6) is 0 Å².